The molecule has 53 valence electrons. The third-order valence-electron chi connectivity index (χ3n) is 1.29. The number of hydrogen-bond donors (Lipinski definition) is 0. The first kappa shape index (κ1) is 7.42. The fourth-order valence-electron chi connectivity index (χ4n) is 0.771. The van der Waals surface area contributed by atoms with E-state index in [9.17, 15) is 0 Å². The summed E-state index contributed by atoms with van der Waals surface area (Å²) in [5.74, 6) is 0.824. The molecule has 0 saturated heterocycles. The summed E-state index contributed by atoms with van der Waals surface area (Å²) in [5, 5.41) is 0.623. The highest BCUT2D eigenvalue weighted by atomic mass is 35.5. The maximum absolute atomic E-state index is 5.66. The van der Waals surface area contributed by atoms with E-state index < -0.39 is 0 Å². The van der Waals surface area contributed by atoms with Crippen molar-refractivity contribution in [2.45, 2.75) is 6.92 Å². The SMILES string of the molecule is COc1c[c]c(Cl)cc1C. The summed E-state index contributed by atoms with van der Waals surface area (Å²) in [6.45, 7) is 1.94. The molecule has 0 saturated carbocycles. The van der Waals surface area contributed by atoms with Crippen molar-refractivity contribution in [1.29, 1.82) is 0 Å². The number of hydrogen-bond acceptors (Lipinski definition) is 1. The van der Waals surface area contributed by atoms with Gasteiger partial charge in [0.2, 0.25) is 0 Å². The largest absolute Gasteiger partial charge is 0.496 e. The van der Waals surface area contributed by atoms with Crippen molar-refractivity contribution in [1.82, 2.24) is 0 Å². The van der Waals surface area contributed by atoms with Crippen LogP contribution in [0.5, 0.6) is 5.75 Å². The monoisotopic (exact) mass is 155 g/mol. The molecule has 10 heavy (non-hydrogen) atoms. The molecule has 1 nitrogen and oxygen atoms in total. The Hall–Kier alpha value is -0.690. The third kappa shape index (κ3) is 1.42. The highest BCUT2D eigenvalue weighted by Gasteiger charge is 1.96. The van der Waals surface area contributed by atoms with Gasteiger partial charge in [-0.25, -0.2) is 0 Å². The number of ether oxygens (including phenoxy) is 1. The first-order chi connectivity index (χ1) is 4.74. The molecular weight excluding hydrogens is 148 g/mol. The molecule has 1 aromatic rings. The summed E-state index contributed by atoms with van der Waals surface area (Å²) < 4.78 is 5.01. The molecule has 1 aromatic carbocycles. The van der Waals surface area contributed by atoms with Crippen LogP contribution in [0, 0.1) is 13.0 Å². The van der Waals surface area contributed by atoms with E-state index in [1.807, 2.05) is 13.0 Å². The van der Waals surface area contributed by atoms with Gasteiger partial charge in [0.15, 0.2) is 0 Å². The number of halogens is 1. The third-order valence-corrected chi connectivity index (χ3v) is 1.51. The van der Waals surface area contributed by atoms with E-state index in [1.165, 1.54) is 0 Å². The molecule has 0 aromatic heterocycles. The van der Waals surface area contributed by atoms with E-state index in [0.717, 1.165) is 11.3 Å². The highest BCUT2D eigenvalue weighted by molar-refractivity contribution is 6.30. The zero-order chi connectivity index (χ0) is 7.56. The Morgan fingerprint density at radius 1 is 1.60 bits per heavy atom. The standard InChI is InChI=1S/C8H8ClO/c1-6-5-7(9)3-4-8(6)10-2/h4-5H,1-2H3. The molecule has 0 amide bonds. The average molecular weight is 156 g/mol. The van der Waals surface area contributed by atoms with Crippen LogP contribution in [0.1, 0.15) is 5.56 Å². The van der Waals surface area contributed by atoms with Crippen LogP contribution >= 0.6 is 11.6 Å². The summed E-state index contributed by atoms with van der Waals surface area (Å²) >= 11 is 5.66. The topological polar surface area (TPSA) is 9.23 Å². The smallest absolute Gasteiger partial charge is 0.122 e. The van der Waals surface area contributed by atoms with Gasteiger partial charge in [-0.15, -0.1) is 0 Å². The van der Waals surface area contributed by atoms with E-state index >= 15 is 0 Å². The van der Waals surface area contributed by atoms with Gasteiger partial charge in [0, 0.05) is 11.1 Å². The van der Waals surface area contributed by atoms with E-state index in [1.54, 1.807) is 13.2 Å². The molecular formula is C8H8ClO. The summed E-state index contributed by atoms with van der Waals surface area (Å²) in [7, 11) is 1.63. The van der Waals surface area contributed by atoms with Gasteiger partial charge in [0.25, 0.3) is 0 Å². The normalized spacial score (nSPS) is 9.50. The van der Waals surface area contributed by atoms with Crippen LogP contribution in [-0.4, -0.2) is 7.11 Å². The fraction of sp³-hybridized carbons (Fsp3) is 0.250. The number of rotatable bonds is 1. The predicted octanol–water partition coefficient (Wildman–Crippen LogP) is 2.46. The lowest BCUT2D eigenvalue weighted by Gasteiger charge is -2.02. The maximum atomic E-state index is 5.66. The molecule has 1 rings (SSSR count). The molecule has 0 aliphatic rings. The fourth-order valence-corrected chi connectivity index (χ4v) is 0.989. The second-order valence-corrected chi connectivity index (χ2v) is 2.44. The molecule has 0 atom stereocenters. The zero-order valence-electron chi connectivity index (χ0n) is 5.94. The quantitative estimate of drug-likeness (QED) is 0.606. The lowest BCUT2D eigenvalue weighted by molar-refractivity contribution is 0.411. The van der Waals surface area contributed by atoms with Crippen LogP contribution in [0.3, 0.4) is 0 Å². The van der Waals surface area contributed by atoms with Crippen LogP contribution < -0.4 is 4.74 Å². The van der Waals surface area contributed by atoms with Gasteiger partial charge in [-0.1, -0.05) is 11.6 Å². The van der Waals surface area contributed by atoms with Crippen molar-refractivity contribution in [2.24, 2.45) is 0 Å². The highest BCUT2D eigenvalue weighted by Crippen LogP contribution is 2.20. The molecule has 0 fully saturated rings. The van der Waals surface area contributed by atoms with E-state index in [2.05, 4.69) is 6.07 Å². The molecule has 2 heteroatoms. The molecule has 0 heterocycles. The van der Waals surface area contributed by atoms with Crippen molar-refractivity contribution >= 4 is 11.6 Å². The van der Waals surface area contributed by atoms with Crippen molar-refractivity contribution in [2.75, 3.05) is 7.11 Å². The van der Waals surface area contributed by atoms with Crippen LogP contribution in [0.25, 0.3) is 0 Å². The van der Waals surface area contributed by atoms with E-state index in [4.69, 9.17) is 16.3 Å². The summed E-state index contributed by atoms with van der Waals surface area (Å²) in [6, 6.07) is 6.39. The van der Waals surface area contributed by atoms with Crippen molar-refractivity contribution in [3.05, 3.63) is 28.8 Å². The van der Waals surface area contributed by atoms with Gasteiger partial charge in [-0.2, -0.15) is 0 Å². The average Bonchev–Trinajstić information content (AvgIpc) is 1.88. The lowest BCUT2D eigenvalue weighted by Crippen LogP contribution is -1.85. The van der Waals surface area contributed by atoms with Gasteiger partial charge < -0.3 is 4.74 Å². The molecule has 0 aliphatic heterocycles. The van der Waals surface area contributed by atoms with Crippen LogP contribution in [0.4, 0.5) is 0 Å². The Kier molecular flexibility index (Phi) is 2.17. The van der Waals surface area contributed by atoms with Gasteiger partial charge in [-0.05, 0) is 24.6 Å². The number of aryl methyl sites for hydroxylation is 1. The Morgan fingerprint density at radius 2 is 2.30 bits per heavy atom. The molecule has 0 spiro atoms. The first-order valence-electron chi connectivity index (χ1n) is 2.96. The molecule has 0 bridgehead atoms. The van der Waals surface area contributed by atoms with E-state index in [0.29, 0.717) is 5.02 Å². The predicted molar refractivity (Wildman–Crippen MR) is 41.6 cm³/mol. The van der Waals surface area contributed by atoms with Gasteiger partial charge in [0.1, 0.15) is 5.75 Å². The van der Waals surface area contributed by atoms with Gasteiger partial charge in [0.05, 0.1) is 7.11 Å². The zero-order valence-corrected chi connectivity index (χ0v) is 6.70. The molecule has 1 radical (unpaired) electrons. The maximum Gasteiger partial charge on any atom is 0.122 e. The summed E-state index contributed by atoms with van der Waals surface area (Å²) in [6.07, 6.45) is 0. The second-order valence-electron chi connectivity index (χ2n) is 2.03. The van der Waals surface area contributed by atoms with Crippen LogP contribution in [0.15, 0.2) is 12.1 Å². The summed E-state index contributed by atoms with van der Waals surface area (Å²) in [5.41, 5.74) is 1.03. The molecule has 0 aliphatic carbocycles. The Morgan fingerprint density at radius 3 is 2.80 bits per heavy atom. The molecule has 0 N–H and O–H groups in total. The van der Waals surface area contributed by atoms with Gasteiger partial charge in [-0.3, -0.25) is 0 Å². The minimum absolute atomic E-state index is 0.623. The minimum atomic E-state index is 0.623. The Labute approximate surface area is 65.6 Å². The number of benzene rings is 1. The molecule has 0 unspecified atom stereocenters. The van der Waals surface area contributed by atoms with Crippen LogP contribution in [0.2, 0.25) is 5.02 Å². The summed E-state index contributed by atoms with van der Waals surface area (Å²) in [4.78, 5) is 0. The van der Waals surface area contributed by atoms with Crippen molar-refractivity contribution < 1.29 is 4.74 Å². The lowest BCUT2D eigenvalue weighted by atomic mass is 10.2. The van der Waals surface area contributed by atoms with Crippen LogP contribution in [-0.2, 0) is 0 Å². The Bertz CT molecular complexity index is 233. The van der Waals surface area contributed by atoms with Gasteiger partial charge >= 0.3 is 0 Å². The first-order valence-corrected chi connectivity index (χ1v) is 3.33. The van der Waals surface area contributed by atoms with Crippen molar-refractivity contribution in [3.63, 3.8) is 0 Å². The van der Waals surface area contributed by atoms with E-state index in [-0.39, 0.29) is 0 Å². The Balaban J connectivity index is 3.07. The van der Waals surface area contributed by atoms with Crippen molar-refractivity contribution in [3.8, 4) is 5.75 Å². The number of methoxy groups -OCH3 is 1. The second kappa shape index (κ2) is 2.93. The minimum Gasteiger partial charge on any atom is -0.496 e.